The topological polar surface area (TPSA) is 67.7 Å². The van der Waals surface area contributed by atoms with Gasteiger partial charge in [-0.15, -0.1) is 0 Å². The molecule has 1 aromatic heterocycles. The first-order chi connectivity index (χ1) is 16.0. The van der Waals surface area contributed by atoms with E-state index in [0.717, 1.165) is 43.8 Å². The van der Waals surface area contributed by atoms with E-state index in [4.69, 9.17) is 4.74 Å². The van der Waals surface area contributed by atoms with Crippen LogP contribution in [0.1, 0.15) is 49.1 Å². The number of rotatable bonds is 2. The Hall–Kier alpha value is -2.67. The Kier molecular flexibility index (Phi) is 7.81. The Labute approximate surface area is 196 Å². The highest BCUT2D eigenvalue weighted by molar-refractivity contribution is 5.76. The number of carbonyl (C=O) groups is 1. The van der Waals surface area contributed by atoms with Crippen LogP contribution in [0.2, 0.25) is 0 Å². The van der Waals surface area contributed by atoms with Gasteiger partial charge in [0, 0.05) is 37.1 Å². The third-order valence-corrected chi connectivity index (χ3v) is 6.90. The van der Waals surface area contributed by atoms with E-state index >= 15 is 0 Å². The predicted octanol–water partition coefficient (Wildman–Crippen LogP) is 2.96. The van der Waals surface area contributed by atoms with Gasteiger partial charge >= 0.3 is 5.69 Å². The van der Waals surface area contributed by atoms with Crippen LogP contribution in [0.5, 0.6) is 5.75 Å². The summed E-state index contributed by atoms with van der Waals surface area (Å²) in [4.78, 5) is 34.1. The molecule has 1 unspecified atom stereocenters. The zero-order valence-corrected chi connectivity index (χ0v) is 20.0. The average molecular weight is 453 g/mol. The molecular formula is C26H36N4O3. The van der Waals surface area contributed by atoms with E-state index in [9.17, 15) is 9.59 Å². The molecular weight excluding hydrogens is 416 g/mol. The molecule has 7 heteroatoms. The first kappa shape index (κ1) is 23.5. The van der Waals surface area contributed by atoms with E-state index in [-0.39, 0.29) is 18.1 Å². The van der Waals surface area contributed by atoms with Crippen LogP contribution >= 0.6 is 0 Å². The fraction of sp³-hybridized carbons (Fsp3) is 0.577. The minimum Gasteiger partial charge on any atom is -0.494 e. The summed E-state index contributed by atoms with van der Waals surface area (Å²) < 4.78 is 7.46. The number of hydrogen-bond acceptors (Lipinski definition) is 5. The number of fused-ring (bicyclic) bond motifs is 3. The van der Waals surface area contributed by atoms with Crippen molar-refractivity contribution in [2.24, 2.45) is 0 Å². The Balaban J connectivity index is 1.50. The second kappa shape index (κ2) is 11.0. The molecule has 0 N–H and O–H groups in total. The predicted molar refractivity (Wildman–Crippen MR) is 129 cm³/mol. The number of aromatic nitrogens is 2. The number of benzene rings is 1. The molecule has 1 atom stereocenters. The summed E-state index contributed by atoms with van der Waals surface area (Å²) in [5.74, 6) is 0.865. The molecule has 0 aliphatic carbocycles. The molecule has 2 aliphatic rings. The van der Waals surface area contributed by atoms with Gasteiger partial charge in [-0.1, -0.05) is 18.6 Å². The lowest BCUT2D eigenvalue weighted by Gasteiger charge is -2.37. The van der Waals surface area contributed by atoms with Gasteiger partial charge in [0.05, 0.1) is 6.61 Å². The largest absolute Gasteiger partial charge is 0.494 e. The number of nitrogens with zero attached hydrogens (tertiary/aromatic N) is 4. The fourth-order valence-corrected chi connectivity index (χ4v) is 5.06. The Morgan fingerprint density at radius 1 is 1.06 bits per heavy atom. The smallest absolute Gasteiger partial charge is 0.348 e. The van der Waals surface area contributed by atoms with Crippen molar-refractivity contribution >= 4 is 5.91 Å². The highest BCUT2D eigenvalue weighted by atomic mass is 16.5. The summed E-state index contributed by atoms with van der Waals surface area (Å²) in [6.45, 7) is 7.50. The number of carbonyl (C=O) groups excluding carboxylic acids is 1. The van der Waals surface area contributed by atoms with Crippen molar-refractivity contribution < 1.29 is 9.53 Å². The summed E-state index contributed by atoms with van der Waals surface area (Å²) in [6.07, 6.45) is 6.63. The SMILES string of the molecule is Cc1cc(C)n(CC(=O)N2CCCOc3cccc(c3)CCC3CCCCN3CC2)c(=O)n1. The van der Waals surface area contributed by atoms with Gasteiger partial charge in [-0.25, -0.2) is 4.79 Å². The summed E-state index contributed by atoms with van der Waals surface area (Å²) in [5.41, 5.74) is 2.42. The molecule has 4 rings (SSSR count). The molecule has 0 saturated carbocycles. The molecule has 7 nitrogen and oxygen atoms in total. The van der Waals surface area contributed by atoms with Crippen LogP contribution in [-0.2, 0) is 17.8 Å². The molecule has 1 fully saturated rings. The maximum absolute atomic E-state index is 13.3. The van der Waals surface area contributed by atoms with Crippen molar-refractivity contribution in [3.8, 4) is 5.75 Å². The first-order valence-corrected chi connectivity index (χ1v) is 12.3. The Morgan fingerprint density at radius 3 is 2.79 bits per heavy atom. The van der Waals surface area contributed by atoms with Gasteiger partial charge in [0.25, 0.3) is 0 Å². The standard InChI is InChI=1S/C26H36N4O3/c1-20-17-21(2)30(26(32)27-20)19-25(31)29-13-6-16-33-24-9-5-7-22(18-24)10-11-23-8-3-4-12-28(23)14-15-29/h5,7,9,17-18,23H,3-4,6,8,10-16,19H2,1-2H3. The van der Waals surface area contributed by atoms with Crippen LogP contribution in [-0.4, -0.2) is 64.1 Å². The van der Waals surface area contributed by atoms with Gasteiger partial charge in [-0.05, 0) is 76.3 Å². The Bertz CT molecular complexity index is 1020. The van der Waals surface area contributed by atoms with Gasteiger partial charge in [-0.3, -0.25) is 14.3 Å². The van der Waals surface area contributed by atoms with Crippen LogP contribution in [0.3, 0.4) is 0 Å². The molecule has 0 radical (unpaired) electrons. The van der Waals surface area contributed by atoms with Gasteiger partial charge in [0.15, 0.2) is 0 Å². The quantitative estimate of drug-likeness (QED) is 0.701. The number of hydrogen-bond donors (Lipinski definition) is 0. The summed E-state index contributed by atoms with van der Waals surface area (Å²) in [7, 11) is 0. The van der Waals surface area contributed by atoms with Crippen molar-refractivity contribution in [2.75, 3.05) is 32.8 Å². The molecule has 0 spiro atoms. The average Bonchev–Trinajstić information content (AvgIpc) is 2.79. The molecule has 33 heavy (non-hydrogen) atoms. The lowest BCUT2D eigenvalue weighted by Crippen LogP contribution is -2.47. The van der Waals surface area contributed by atoms with Crippen molar-refractivity contribution in [2.45, 2.75) is 65.0 Å². The van der Waals surface area contributed by atoms with Crippen molar-refractivity contribution in [3.63, 3.8) is 0 Å². The van der Waals surface area contributed by atoms with Crippen molar-refractivity contribution in [3.05, 3.63) is 57.8 Å². The zero-order valence-electron chi connectivity index (χ0n) is 20.0. The molecule has 1 aromatic carbocycles. The monoisotopic (exact) mass is 452 g/mol. The molecule has 3 heterocycles. The second-order valence-electron chi connectivity index (χ2n) is 9.36. The first-order valence-electron chi connectivity index (χ1n) is 12.3. The molecule has 2 aliphatic heterocycles. The third-order valence-electron chi connectivity index (χ3n) is 6.90. The molecule has 2 bridgehead atoms. The highest BCUT2D eigenvalue weighted by Gasteiger charge is 2.24. The summed E-state index contributed by atoms with van der Waals surface area (Å²) >= 11 is 0. The maximum atomic E-state index is 13.3. The zero-order chi connectivity index (χ0) is 23.2. The molecule has 2 aromatic rings. The van der Waals surface area contributed by atoms with Gasteiger partial charge < -0.3 is 9.64 Å². The van der Waals surface area contributed by atoms with Gasteiger partial charge in [0.2, 0.25) is 5.91 Å². The van der Waals surface area contributed by atoms with Crippen LogP contribution in [0.15, 0.2) is 35.1 Å². The molecule has 1 amide bonds. The minimum absolute atomic E-state index is 0.0320. The summed E-state index contributed by atoms with van der Waals surface area (Å²) in [6, 6.07) is 10.8. The fourth-order valence-electron chi connectivity index (χ4n) is 5.06. The van der Waals surface area contributed by atoms with E-state index in [1.807, 2.05) is 24.0 Å². The second-order valence-corrected chi connectivity index (χ2v) is 9.36. The third kappa shape index (κ3) is 6.22. The van der Waals surface area contributed by atoms with E-state index < -0.39 is 0 Å². The molecule has 178 valence electrons. The number of piperidine rings is 1. The van der Waals surface area contributed by atoms with Crippen molar-refractivity contribution in [1.29, 1.82) is 0 Å². The van der Waals surface area contributed by atoms with Crippen molar-refractivity contribution in [1.82, 2.24) is 19.4 Å². The van der Waals surface area contributed by atoms with E-state index in [1.54, 1.807) is 6.92 Å². The lowest BCUT2D eigenvalue weighted by molar-refractivity contribution is -0.132. The van der Waals surface area contributed by atoms with E-state index in [0.29, 0.717) is 31.4 Å². The maximum Gasteiger partial charge on any atom is 0.348 e. The van der Waals surface area contributed by atoms with Crippen LogP contribution in [0, 0.1) is 13.8 Å². The van der Waals surface area contributed by atoms with Gasteiger partial charge in [-0.2, -0.15) is 4.98 Å². The number of amides is 1. The van der Waals surface area contributed by atoms with E-state index in [1.165, 1.54) is 29.4 Å². The lowest BCUT2D eigenvalue weighted by atomic mass is 9.95. The normalized spacial score (nSPS) is 20.4. The van der Waals surface area contributed by atoms with Crippen LogP contribution < -0.4 is 10.4 Å². The van der Waals surface area contributed by atoms with Crippen LogP contribution in [0.4, 0.5) is 0 Å². The molecule has 1 saturated heterocycles. The number of ether oxygens (including phenoxy) is 1. The van der Waals surface area contributed by atoms with E-state index in [2.05, 4.69) is 28.1 Å². The highest BCUT2D eigenvalue weighted by Crippen LogP contribution is 2.23. The number of aryl methyl sites for hydroxylation is 3. The minimum atomic E-state index is -0.359. The summed E-state index contributed by atoms with van der Waals surface area (Å²) in [5, 5.41) is 0. The van der Waals surface area contributed by atoms with Gasteiger partial charge in [0.1, 0.15) is 12.3 Å². The van der Waals surface area contributed by atoms with Crippen LogP contribution in [0.25, 0.3) is 0 Å². The Morgan fingerprint density at radius 2 is 1.94 bits per heavy atom.